The monoisotopic (exact) mass is 474 g/mol. The van der Waals surface area contributed by atoms with Crippen molar-refractivity contribution in [2.24, 2.45) is 5.10 Å². The second kappa shape index (κ2) is 9.03. The Morgan fingerprint density at radius 2 is 1.82 bits per heavy atom. The third-order valence-electron chi connectivity index (χ3n) is 5.33. The zero-order valence-corrected chi connectivity index (χ0v) is 18.9. The minimum atomic E-state index is -0.698. The van der Waals surface area contributed by atoms with E-state index in [1.807, 2.05) is 36.4 Å². The van der Waals surface area contributed by atoms with E-state index >= 15 is 0 Å². The Morgan fingerprint density at radius 1 is 1.06 bits per heavy atom. The Hall–Kier alpha value is -4.10. The highest BCUT2D eigenvalue weighted by molar-refractivity contribution is 6.30. The van der Waals surface area contributed by atoms with E-state index in [1.165, 1.54) is 18.0 Å². The maximum atomic E-state index is 12.2. The van der Waals surface area contributed by atoms with Gasteiger partial charge in [0.2, 0.25) is 18.0 Å². The first-order valence-electron chi connectivity index (χ1n) is 10.5. The fourth-order valence-corrected chi connectivity index (χ4v) is 3.87. The molecule has 34 heavy (non-hydrogen) atoms. The van der Waals surface area contributed by atoms with Crippen molar-refractivity contribution in [2.75, 3.05) is 6.61 Å². The molecule has 5 rings (SSSR count). The van der Waals surface area contributed by atoms with Gasteiger partial charge in [0, 0.05) is 35.0 Å². The zero-order chi connectivity index (χ0) is 23.7. The highest BCUT2D eigenvalue weighted by Gasteiger charge is 2.32. The average molecular weight is 475 g/mol. The van der Waals surface area contributed by atoms with Crippen molar-refractivity contribution < 1.29 is 18.7 Å². The zero-order valence-electron chi connectivity index (χ0n) is 18.1. The molecule has 0 saturated heterocycles. The number of hydrogen-bond acceptors (Lipinski definition) is 6. The molecule has 8 heteroatoms. The number of carbonyl (C=O) groups is 1. The minimum Gasteiger partial charge on any atom is -0.484 e. The van der Waals surface area contributed by atoms with Crippen LogP contribution in [-0.2, 0) is 9.53 Å². The molecule has 0 saturated carbocycles. The molecule has 1 amide bonds. The van der Waals surface area contributed by atoms with E-state index in [2.05, 4.69) is 5.10 Å². The number of carbonyl (C=O) groups excluding carboxylic acids is 1. The van der Waals surface area contributed by atoms with Crippen LogP contribution in [-0.4, -0.2) is 23.4 Å². The highest BCUT2D eigenvalue weighted by Crippen LogP contribution is 2.31. The van der Waals surface area contributed by atoms with Crippen LogP contribution in [0, 0.1) is 0 Å². The van der Waals surface area contributed by atoms with E-state index in [1.54, 1.807) is 36.4 Å². The molecule has 0 fully saturated rings. The second-order valence-electron chi connectivity index (χ2n) is 7.67. The minimum absolute atomic E-state index is 0.0119. The Labute approximate surface area is 199 Å². The predicted molar refractivity (Wildman–Crippen MR) is 129 cm³/mol. The van der Waals surface area contributed by atoms with E-state index in [-0.39, 0.29) is 18.4 Å². The van der Waals surface area contributed by atoms with Crippen LogP contribution >= 0.6 is 11.6 Å². The van der Waals surface area contributed by atoms with Gasteiger partial charge in [-0.25, -0.2) is 4.79 Å². The lowest BCUT2D eigenvalue weighted by Gasteiger charge is -2.19. The molecular formula is C26H19ClN2O5. The molecule has 7 nitrogen and oxygen atoms in total. The number of rotatable bonds is 5. The quantitative estimate of drug-likeness (QED) is 0.362. The molecule has 0 radical (unpaired) electrons. The molecule has 1 aliphatic heterocycles. The summed E-state index contributed by atoms with van der Waals surface area (Å²) in [6.45, 7) is 1.40. The van der Waals surface area contributed by atoms with Crippen molar-refractivity contribution >= 4 is 34.4 Å². The molecule has 0 spiro atoms. The van der Waals surface area contributed by atoms with Gasteiger partial charge in [-0.05, 0) is 35.4 Å². The largest absolute Gasteiger partial charge is 0.484 e. The average Bonchev–Trinajstić information content (AvgIpc) is 3.28. The number of amides is 1. The lowest BCUT2D eigenvalue weighted by Crippen LogP contribution is -2.25. The molecule has 170 valence electrons. The number of hydrazone groups is 1. The first kappa shape index (κ1) is 21.7. The van der Waals surface area contributed by atoms with Crippen molar-refractivity contribution in [3.05, 3.63) is 99.9 Å². The Morgan fingerprint density at radius 3 is 2.56 bits per heavy atom. The van der Waals surface area contributed by atoms with Crippen LogP contribution in [0.4, 0.5) is 0 Å². The molecule has 1 unspecified atom stereocenters. The van der Waals surface area contributed by atoms with E-state index < -0.39 is 11.9 Å². The summed E-state index contributed by atoms with van der Waals surface area (Å²) in [5.41, 5.74) is 2.39. The summed E-state index contributed by atoms with van der Waals surface area (Å²) in [4.78, 5) is 24.2. The SMILES string of the molecule is CC(=O)N1N=C(COc2ccc3c(-c4ccccc4)cc(=O)oc3c2)OC1c1ccc(Cl)cc1. The molecule has 4 aromatic rings. The van der Waals surface area contributed by atoms with Crippen LogP contribution in [0.2, 0.25) is 5.02 Å². The molecule has 1 aromatic heterocycles. The van der Waals surface area contributed by atoms with E-state index in [4.69, 9.17) is 25.5 Å². The number of nitrogens with zero attached hydrogens (tertiary/aromatic N) is 2. The van der Waals surface area contributed by atoms with Gasteiger partial charge in [-0.15, -0.1) is 5.10 Å². The highest BCUT2D eigenvalue weighted by atomic mass is 35.5. The Balaban J connectivity index is 1.37. The van der Waals surface area contributed by atoms with Crippen molar-refractivity contribution in [3.63, 3.8) is 0 Å². The first-order chi connectivity index (χ1) is 16.5. The van der Waals surface area contributed by atoms with Crippen LogP contribution < -0.4 is 10.4 Å². The molecular weight excluding hydrogens is 456 g/mol. The second-order valence-corrected chi connectivity index (χ2v) is 8.11. The molecule has 2 heterocycles. The van der Waals surface area contributed by atoms with Crippen LogP contribution in [0.5, 0.6) is 5.75 Å². The molecule has 0 aliphatic carbocycles. The summed E-state index contributed by atoms with van der Waals surface area (Å²) in [7, 11) is 0. The standard InChI is InChI=1S/C26H19ClN2O5/c1-16(30)29-26(18-7-9-19(27)10-8-18)34-24(28-29)15-32-20-11-12-21-22(17-5-3-2-4-6-17)14-25(31)33-23(21)13-20/h2-14,26H,15H2,1H3. The van der Waals surface area contributed by atoms with Gasteiger partial charge in [0.25, 0.3) is 0 Å². The molecule has 0 bridgehead atoms. The molecule has 0 N–H and O–H groups in total. The van der Waals surface area contributed by atoms with Crippen LogP contribution in [0.15, 0.2) is 93.2 Å². The maximum Gasteiger partial charge on any atom is 0.336 e. The van der Waals surface area contributed by atoms with Gasteiger partial charge in [-0.2, -0.15) is 5.01 Å². The van der Waals surface area contributed by atoms with Crippen molar-refractivity contribution in [2.45, 2.75) is 13.2 Å². The summed E-state index contributed by atoms with van der Waals surface area (Å²) < 4.78 is 17.1. The lowest BCUT2D eigenvalue weighted by atomic mass is 10.0. The first-order valence-corrected chi connectivity index (χ1v) is 10.9. The topological polar surface area (TPSA) is 81.3 Å². The van der Waals surface area contributed by atoms with E-state index in [9.17, 15) is 9.59 Å². The van der Waals surface area contributed by atoms with Gasteiger partial charge in [0.1, 0.15) is 11.3 Å². The molecule has 1 aliphatic rings. The van der Waals surface area contributed by atoms with Gasteiger partial charge < -0.3 is 13.9 Å². The smallest absolute Gasteiger partial charge is 0.336 e. The number of ether oxygens (including phenoxy) is 2. The lowest BCUT2D eigenvalue weighted by molar-refractivity contribution is -0.135. The maximum absolute atomic E-state index is 12.2. The summed E-state index contributed by atoms with van der Waals surface area (Å²) in [5, 5.41) is 6.89. The summed E-state index contributed by atoms with van der Waals surface area (Å²) in [6.07, 6.45) is -0.698. The van der Waals surface area contributed by atoms with Crippen molar-refractivity contribution in [1.29, 1.82) is 0 Å². The summed E-state index contributed by atoms with van der Waals surface area (Å²) >= 11 is 5.96. The van der Waals surface area contributed by atoms with E-state index in [0.717, 1.165) is 22.1 Å². The van der Waals surface area contributed by atoms with Gasteiger partial charge in [0.15, 0.2) is 6.61 Å². The van der Waals surface area contributed by atoms with Crippen molar-refractivity contribution in [3.8, 4) is 16.9 Å². The third-order valence-corrected chi connectivity index (χ3v) is 5.58. The van der Waals surface area contributed by atoms with Crippen LogP contribution in [0.25, 0.3) is 22.1 Å². The van der Waals surface area contributed by atoms with E-state index in [0.29, 0.717) is 16.4 Å². The normalized spacial score (nSPS) is 15.2. The number of hydrogen-bond donors (Lipinski definition) is 0. The van der Waals surface area contributed by atoms with Crippen LogP contribution in [0.1, 0.15) is 18.7 Å². The third kappa shape index (κ3) is 4.38. The fraction of sp³-hybridized carbons (Fsp3) is 0.115. The van der Waals surface area contributed by atoms with Crippen LogP contribution in [0.3, 0.4) is 0 Å². The Bertz CT molecular complexity index is 1450. The number of fused-ring (bicyclic) bond motifs is 1. The molecule has 3 aromatic carbocycles. The fourth-order valence-electron chi connectivity index (χ4n) is 3.74. The van der Waals surface area contributed by atoms with Gasteiger partial charge in [-0.3, -0.25) is 4.79 Å². The number of halogens is 1. The van der Waals surface area contributed by atoms with Gasteiger partial charge in [-0.1, -0.05) is 54.1 Å². The molecule has 1 atom stereocenters. The van der Waals surface area contributed by atoms with Gasteiger partial charge >= 0.3 is 5.63 Å². The van der Waals surface area contributed by atoms with Gasteiger partial charge in [0.05, 0.1) is 0 Å². The van der Waals surface area contributed by atoms with Crippen molar-refractivity contribution in [1.82, 2.24) is 5.01 Å². The predicted octanol–water partition coefficient (Wildman–Crippen LogP) is 5.38. The number of benzene rings is 3. The summed E-state index contributed by atoms with van der Waals surface area (Å²) in [5.74, 6) is 0.446. The Kier molecular flexibility index (Phi) is 5.77. The summed E-state index contributed by atoms with van der Waals surface area (Å²) in [6, 6.07) is 23.4.